The highest BCUT2D eigenvalue weighted by Gasteiger charge is 2.32. The van der Waals surface area contributed by atoms with Gasteiger partial charge in [-0.05, 0) is 31.6 Å². The Morgan fingerprint density at radius 3 is 2.31 bits per heavy atom. The van der Waals surface area contributed by atoms with Crippen molar-refractivity contribution in [3.05, 3.63) is 0 Å². The van der Waals surface area contributed by atoms with E-state index in [-0.39, 0.29) is 18.2 Å². The van der Waals surface area contributed by atoms with Gasteiger partial charge in [-0.15, -0.1) is 0 Å². The van der Waals surface area contributed by atoms with Crippen LogP contribution in [0.15, 0.2) is 0 Å². The Hall–Kier alpha value is -1.06. The van der Waals surface area contributed by atoms with E-state index in [0.29, 0.717) is 18.4 Å². The molecule has 2 atom stereocenters. The molecule has 1 aliphatic rings. The molecule has 0 aromatic heterocycles. The summed E-state index contributed by atoms with van der Waals surface area (Å²) in [4.78, 5) is 24.1. The zero-order valence-corrected chi connectivity index (χ0v) is 10.3. The molecule has 1 fully saturated rings. The maximum absolute atomic E-state index is 11.8. The van der Waals surface area contributed by atoms with Gasteiger partial charge < -0.3 is 10.0 Å². The fraction of sp³-hybridized carbons (Fsp3) is 0.833. The first-order chi connectivity index (χ1) is 7.41. The van der Waals surface area contributed by atoms with E-state index in [4.69, 9.17) is 5.11 Å². The number of hydrogen-bond acceptors (Lipinski definition) is 2. The molecule has 16 heavy (non-hydrogen) atoms. The molecule has 1 saturated carbocycles. The van der Waals surface area contributed by atoms with Gasteiger partial charge in [0.2, 0.25) is 5.91 Å². The first-order valence-corrected chi connectivity index (χ1v) is 5.89. The molecule has 0 radical (unpaired) electrons. The second kappa shape index (κ2) is 5.32. The van der Waals surface area contributed by atoms with Crippen LogP contribution in [0.2, 0.25) is 0 Å². The fourth-order valence-electron chi connectivity index (χ4n) is 1.93. The largest absolute Gasteiger partial charge is 0.481 e. The average molecular weight is 227 g/mol. The Morgan fingerprint density at radius 2 is 1.88 bits per heavy atom. The molecule has 4 nitrogen and oxygen atoms in total. The molecule has 0 saturated heterocycles. The van der Waals surface area contributed by atoms with Crippen LogP contribution in [0.1, 0.15) is 39.5 Å². The lowest BCUT2D eigenvalue weighted by Gasteiger charge is -2.26. The normalized spacial score (nSPS) is 18.9. The highest BCUT2D eigenvalue weighted by atomic mass is 16.4. The van der Waals surface area contributed by atoms with Crippen LogP contribution in [0.4, 0.5) is 0 Å². The average Bonchev–Trinajstić information content (AvgIpc) is 2.96. The van der Waals surface area contributed by atoms with E-state index >= 15 is 0 Å². The lowest BCUT2D eigenvalue weighted by atomic mass is 10.0. The summed E-state index contributed by atoms with van der Waals surface area (Å²) in [6, 6.07) is 0.296. The van der Waals surface area contributed by atoms with Crippen LogP contribution in [-0.2, 0) is 9.59 Å². The maximum Gasteiger partial charge on any atom is 0.303 e. The van der Waals surface area contributed by atoms with Crippen molar-refractivity contribution in [2.75, 3.05) is 7.05 Å². The number of nitrogens with zero attached hydrogens (tertiary/aromatic N) is 1. The minimum atomic E-state index is -0.835. The zero-order chi connectivity index (χ0) is 12.3. The maximum atomic E-state index is 11.8. The van der Waals surface area contributed by atoms with Gasteiger partial charge in [0.05, 0.1) is 0 Å². The molecule has 1 amide bonds. The predicted octanol–water partition coefficient (Wildman–Crippen LogP) is 1.74. The summed E-state index contributed by atoms with van der Waals surface area (Å²) in [6.45, 7) is 3.87. The number of aliphatic carboxylic acids is 1. The SMILES string of the molecule is CC(CC(=O)O)CC(=O)N(C)C(C)C1CC1. The minimum Gasteiger partial charge on any atom is -0.481 e. The molecule has 2 unspecified atom stereocenters. The smallest absolute Gasteiger partial charge is 0.303 e. The Morgan fingerprint density at radius 1 is 1.31 bits per heavy atom. The topological polar surface area (TPSA) is 57.6 Å². The quantitative estimate of drug-likeness (QED) is 0.752. The molecule has 0 aromatic carbocycles. The van der Waals surface area contributed by atoms with Gasteiger partial charge in [-0.3, -0.25) is 9.59 Å². The van der Waals surface area contributed by atoms with Crippen LogP contribution in [0.3, 0.4) is 0 Å². The van der Waals surface area contributed by atoms with Crippen molar-refractivity contribution >= 4 is 11.9 Å². The van der Waals surface area contributed by atoms with E-state index in [0.717, 1.165) is 0 Å². The molecule has 1 rings (SSSR count). The van der Waals surface area contributed by atoms with Crippen molar-refractivity contribution in [3.63, 3.8) is 0 Å². The number of amides is 1. The Balaban J connectivity index is 2.35. The van der Waals surface area contributed by atoms with Crippen molar-refractivity contribution in [2.24, 2.45) is 11.8 Å². The van der Waals surface area contributed by atoms with Crippen molar-refractivity contribution in [1.82, 2.24) is 4.90 Å². The van der Waals surface area contributed by atoms with Gasteiger partial charge >= 0.3 is 5.97 Å². The van der Waals surface area contributed by atoms with E-state index < -0.39 is 5.97 Å². The summed E-state index contributed by atoms with van der Waals surface area (Å²) in [5.74, 6) is -0.200. The summed E-state index contributed by atoms with van der Waals surface area (Å²) in [6.07, 6.45) is 2.82. The standard InChI is InChI=1S/C12H21NO3/c1-8(7-12(15)16)6-11(14)13(3)9(2)10-4-5-10/h8-10H,4-7H2,1-3H3,(H,15,16). The van der Waals surface area contributed by atoms with Crippen LogP contribution in [0.25, 0.3) is 0 Å². The first kappa shape index (κ1) is 13.0. The highest BCUT2D eigenvalue weighted by Crippen LogP contribution is 2.34. The second-order valence-electron chi connectivity index (χ2n) is 4.99. The lowest BCUT2D eigenvalue weighted by Crippen LogP contribution is -2.37. The highest BCUT2D eigenvalue weighted by molar-refractivity contribution is 5.77. The number of rotatable bonds is 6. The summed E-state index contributed by atoms with van der Waals surface area (Å²) in [7, 11) is 1.82. The molecule has 1 N–H and O–H groups in total. The number of carbonyl (C=O) groups excluding carboxylic acids is 1. The molecule has 0 aromatic rings. The van der Waals surface area contributed by atoms with E-state index in [1.807, 2.05) is 14.0 Å². The molecular formula is C12H21NO3. The Bertz CT molecular complexity index is 273. The fourth-order valence-corrected chi connectivity index (χ4v) is 1.93. The van der Waals surface area contributed by atoms with E-state index in [1.165, 1.54) is 12.8 Å². The van der Waals surface area contributed by atoms with Crippen LogP contribution < -0.4 is 0 Å². The Kier molecular flexibility index (Phi) is 4.33. The zero-order valence-electron chi connectivity index (χ0n) is 10.3. The lowest BCUT2D eigenvalue weighted by molar-refractivity contribution is -0.138. The predicted molar refractivity (Wildman–Crippen MR) is 61.0 cm³/mol. The molecule has 92 valence electrons. The summed E-state index contributed by atoms with van der Waals surface area (Å²) >= 11 is 0. The third-order valence-electron chi connectivity index (χ3n) is 3.35. The summed E-state index contributed by atoms with van der Waals surface area (Å²) in [5.41, 5.74) is 0. The second-order valence-corrected chi connectivity index (χ2v) is 4.99. The van der Waals surface area contributed by atoms with Gasteiger partial charge in [-0.25, -0.2) is 0 Å². The van der Waals surface area contributed by atoms with Crippen LogP contribution >= 0.6 is 0 Å². The van der Waals surface area contributed by atoms with E-state index in [9.17, 15) is 9.59 Å². The minimum absolute atomic E-state index is 0.0631. The van der Waals surface area contributed by atoms with Gasteiger partial charge in [0.1, 0.15) is 0 Å². The summed E-state index contributed by atoms with van der Waals surface area (Å²) < 4.78 is 0. The van der Waals surface area contributed by atoms with Crippen molar-refractivity contribution < 1.29 is 14.7 Å². The van der Waals surface area contributed by atoms with E-state index in [1.54, 1.807) is 4.90 Å². The molecule has 0 spiro atoms. The van der Waals surface area contributed by atoms with Crippen LogP contribution in [-0.4, -0.2) is 35.0 Å². The van der Waals surface area contributed by atoms with Gasteiger partial charge in [0.15, 0.2) is 0 Å². The van der Waals surface area contributed by atoms with Crippen molar-refractivity contribution in [2.45, 2.75) is 45.6 Å². The van der Waals surface area contributed by atoms with Crippen LogP contribution in [0, 0.1) is 11.8 Å². The number of carbonyl (C=O) groups is 2. The Labute approximate surface area is 96.6 Å². The molecule has 0 bridgehead atoms. The molecular weight excluding hydrogens is 206 g/mol. The van der Waals surface area contributed by atoms with Gasteiger partial charge in [-0.2, -0.15) is 0 Å². The number of carboxylic acid groups (broad SMARTS) is 1. The molecule has 4 heteroatoms. The third-order valence-corrected chi connectivity index (χ3v) is 3.35. The monoisotopic (exact) mass is 227 g/mol. The molecule has 0 aliphatic heterocycles. The van der Waals surface area contributed by atoms with Gasteiger partial charge in [0.25, 0.3) is 0 Å². The first-order valence-electron chi connectivity index (χ1n) is 5.89. The van der Waals surface area contributed by atoms with Crippen LogP contribution in [0.5, 0.6) is 0 Å². The third kappa shape index (κ3) is 3.83. The van der Waals surface area contributed by atoms with Crippen molar-refractivity contribution in [3.8, 4) is 0 Å². The summed E-state index contributed by atoms with van der Waals surface area (Å²) in [5, 5.41) is 8.62. The van der Waals surface area contributed by atoms with Gasteiger partial charge in [-0.1, -0.05) is 6.92 Å². The molecule has 1 aliphatic carbocycles. The van der Waals surface area contributed by atoms with Crippen molar-refractivity contribution in [1.29, 1.82) is 0 Å². The molecule has 0 heterocycles. The van der Waals surface area contributed by atoms with E-state index in [2.05, 4.69) is 6.92 Å². The van der Waals surface area contributed by atoms with Gasteiger partial charge in [0, 0.05) is 25.9 Å². The number of hydrogen-bond donors (Lipinski definition) is 1. The number of carboxylic acids is 1.